The molecule has 1 fully saturated rings. The molecule has 8 nitrogen and oxygen atoms in total. The van der Waals surface area contributed by atoms with Gasteiger partial charge >= 0.3 is 11.8 Å². The Morgan fingerprint density at radius 2 is 1.86 bits per heavy atom. The fourth-order valence-corrected chi connectivity index (χ4v) is 4.64. The van der Waals surface area contributed by atoms with Crippen LogP contribution in [0.25, 0.3) is 0 Å². The number of imide groups is 1. The molecule has 1 saturated heterocycles. The van der Waals surface area contributed by atoms with Gasteiger partial charge in [-0.2, -0.15) is 8.78 Å². The molecule has 3 rings (SSSR count). The summed E-state index contributed by atoms with van der Waals surface area (Å²) in [5, 5.41) is 8.38. The first-order valence-corrected chi connectivity index (χ1v) is 10.2. The number of carbonyl (C=O) groups is 3. The van der Waals surface area contributed by atoms with Crippen molar-refractivity contribution in [3.63, 3.8) is 0 Å². The third kappa shape index (κ3) is 4.02. The SMILES string of the molecule is O=C1CC(c2ccc(NC(=O)c3sccc3S(=O)(=O)C(F)F)cc2)NC(=O)N1. The van der Waals surface area contributed by atoms with Crippen LogP contribution in [0.3, 0.4) is 0 Å². The molecule has 1 aromatic heterocycles. The molecule has 3 N–H and O–H groups in total. The molecular formula is C16H13F2N3O5S2. The molecule has 28 heavy (non-hydrogen) atoms. The zero-order valence-corrected chi connectivity index (χ0v) is 15.6. The van der Waals surface area contributed by atoms with Crippen LogP contribution in [0.15, 0.2) is 40.6 Å². The van der Waals surface area contributed by atoms with E-state index in [9.17, 15) is 31.6 Å². The molecule has 0 radical (unpaired) electrons. The van der Waals surface area contributed by atoms with Crippen molar-refractivity contribution in [2.24, 2.45) is 0 Å². The molecule has 0 bridgehead atoms. The number of alkyl halides is 2. The molecule has 0 spiro atoms. The number of nitrogens with one attached hydrogen (secondary N) is 3. The number of amides is 4. The van der Waals surface area contributed by atoms with Crippen molar-refractivity contribution in [3.8, 4) is 0 Å². The average molecular weight is 429 g/mol. The molecule has 2 aromatic rings. The summed E-state index contributed by atoms with van der Waals surface area (Å²) in [6.07, 6.45) is 0.0570. The highest BCUT2D eigenvalue weighted by molar-refractivity contribution is 7.92. The van der Waals surface area contributed by atoms with Crippen LogP contribution in [0.5, 0.6) is 0 Å². The maximum absolute atomic E-state index is 12.7. The van der Waals surface area contributed by atoms with Gasteiger partial charge in [-0.15, -0.1) is 11.3 Å². The molecule has 12 heteroatoms. The minimum absolute atomic E-state index is 0.0570. The molecule has 148 valence electrons. The number of rotatable bonds is 5. The normalized spacial score (nSPS) is 17.2. The van der Waals surface area contributed by atoms with Crippen molar-refractivity contribution in [1.82, 2.24) is 10.6 Å². The van der Waals surface area contributed by atoms with E-state index in [0.717, 1.165) is 17.4 Å². The summed E-state index contributed by atoms with van der Waals surface area (Å²) in [6.45, 7) is 0. The molecule has 1 aromatic carbocycles. The highest BCUT2D eigenvalue weighted by Gasteiger charge is 2.32. The van der Waals surface area contributed by atoms with Crippen LogP contribution in [0.1, 0.15) is 27.7 Å². The molecule has 1 aliphatic rings. The van der Waals surface area contributed by atoms with Gasteiger partial charge in [0.25, 0.3) is 5.91 Å². The number of sulfone groups is 1. The predicted octanol–water partition coefficient (Wildman–Crippen LogP) is 2.27. The highest BCUT2D eigenvalue weighted by atomic mass is 32.2. The first-order chi connectivity index (χ1) is 13.2. The summed E-state index contributed by atoms with van der Waals surface area (Å²) < 4.78 is 48.8. The van der Waals surface area contributed by atoms with Crippen LogP contribution in [0.4, 0.5) is 19.3 Å². The van der Waals surface area contributed by atoms with E-state index in [1.807, 2.05) is 0 Å². The van der Waals surface area contributed by atoms with Gasteiger partial charge < -0.3 is 10.6 Å². The Labute approximate surface area is 161 Å². The molecular weight excluding hydrogens is 416 g/mol. The summed E-state index contributed by atoms with van der Waals surface area (Å²) >= 11 is 0.731. The fraction of sp³-hybridized carbons (Fsp3) is 0.188. The van der Waals surface area contributed by atoms with E-state index < -0.39 is 44.4 Å². The van der Waals surface area contributed by atoms with Crippen molar-refractivity contribution < 1.29 is 31.6 Å². The maximum Gasteiger partial charge on any atom is 0.341 e. The Balaban J connectivity index is 1.75. The third-order valence-electron chi connectivity index (χ3n) is 3.90. The Kier molecular flexibility index (Phi) is 5.42. The number of hydrogen-bond acceptors (Lipinski definition) is 6. The zero-order chi connectivity index (χ0) is 20.5. The first kappa shape index (κ1) is 19.9. The minimum atomic E-state index is -4.90. The number of carbonyl (C=O) groups excluding carboxylic acids is 3. The molecule has 0 saturated carbocycles. The smallest absolute Gasteiger partial charge is 0.330 e. The Morgan fingerprint density at radius 3 is 2.46 bits per heavy atom. The molecule has 1 unspecified atom stereocenters. The number of thiophene rings is 1. The van der Waals surface area contributed by atoms with Crippen LogP contribution in [0, 0.1) is 0 Å². The first-order valence-electron chi connectivity index (χ1n) is 7.79. The van der Waals surface area contributed by atoms with Gasteiger partial charge in [-0.1, -0.05) is 12.1 Å². The monoisotopic (exact) mass is 429 g/mol. The second kappa shape index (κ2) is 7.64. The average Bonchev–Trinajstić information content (AvgIpc) is 3.12. The van der Waals surface area contributed by atoms with Gasteiger partial charge in [0, 0.05) is 5.69 Å². The summed E-state index contributed by atoms with van der Waals surface area (Å²) in [6, 6.07) is 5.95. The van der Waals surface area contributed by atoms with Gasteiger partial charge in [0.15, 0.2) is 0 Å². The summed E-state index contributed by atoms with van der Waals surface area (Å²) in [5.74, 6) is -4.89. The summed E-state index contributed by atoms with van der Waals surface area (Å²) in [7, 11) is -4.90. The zero-order valence-electron chi connectivity index (χ0n) is 13.9. The Bertz CT molecular complexity index is 1020. The molecule has 0 aliphatic carbocycles. The predicted molar refractivity (Wildman–Crippen MR) is 95.9 cm³/mol. The molecule has 1 atom stereocenters. The Hall–Kier alpha value is -2.86. The quantitative estimate of drug-likeness (QED) is 0.673. The lowest BCUT2D eigenvalue weighted by atomic mass is 10.0. The van der Waals surface area contributed by atoms with Crippen molar-refractivity contribution >= 4 is 44.7 Å². The van der Waals surface area contributed by atoms with Crippen molar-refractivity contribution in [2.45, 2.75) is 23.1 Å². The summed E-state index contributed by atoms with van der Waals surface area (Å²) in [5.41, 5.74) is 0.910. The largest absolute Gasteiger partial charge is 0.341 e. The van der Waals surface area contributed by atoms with E-state index >= 15 is 0 Å². The van der Waals surface area contributed by atoms with E-state index in [1.54, 1.807) is 12.1 Å². The lowest BCUT2D eigenvalue weighted by Gasteiger charge is -2.23. The van der Waals surface area contributed by atoms with Crippen LogP contribution in [-0.2, 0) is 14.6 Å². The van der Waals surface area contributed by atoms with E-state index in [2.05, 4.69) is 16.0 Å². The van der Waals surface area contributed by atoms with Crippen LogP contribution in [0.2, 0.25) is 0 Å². The maximum atomic E-state index is 12.7. The van der Waals surface area contributed by atoms with Gasteiger partial charge in [0.2, 0.25) is 15.7 Å². The van der Waals surface area contributed by atoms with Crippen molar-refractivity contribution in [2.75, 3.05) is 5.32 Å². The molecule has 1 aliphatic heterocycles. The fourth-order valence-electron chi connectivity index (χ4n) is 2.58. The van der Waals surface area contributed by atoms with Gasteiger partial charge in [0.05, 0.1) is 17.4 Å². The Morgan fingerprint density at radius 1 is 1.18 bits per heavy atom. The number of hydrogen-bond donors (Lipinski definition) is 3. The van der Waals surface area contributed by atoms with Crippen LogP contribution >= 0.6 is 11.3 Å². The molecule has 2 heterocycles. The lowest BCUT2D eigenvalue weighted by Crippen LogP contribution is -2.48. The van der Waals surface area contributed by atoms with E-state index in [-0.39, 0.29) is 17.0 Å². The van der Waals surface area contributed by atoms with Crippen LogP contribution < -0.4 is 16.0 Å². The van der Waals surface area contributed by atoms with Gasteiger partial charge in [-0.3, -0.25) is 14.9 Å². The van der Waals surface area contributed by atoms with Gasteiger partial charge in [-0.05, 0) is 29.1 Å². The van der Waals surface area contributed by atoms with Gasteiger partial charge in [-0.25, -0.2) is 13.2 Å². The standard InChI is InChI=1S/C16H13F2N3O5S2/c17-15(18)28(25,26)11-5-6-27-13(11)14(23)19-9-3-1-8(2-4-9)10-7-12(22)21-16(24)20-10/h1-6,10,15H,7H2,(H,19,23)(H2,20,21,22,24). The van der Waals surface area contributed by atoms with E-state index in [4.69, 9.17) is 0 Å². The second-order valence-corrected chi connectivity index (χ2v) is 8.58. The summed E-state index contributed by atoms with van der Waals surface area (Å²) in [4.78, 5) is 34.0. The number of urea groups is 1. The van der Waals surface area contributed by atoms with E-state index in [0.29, 0.717) is 5.56 Å². The van der Waals surface area contributed by atoms with Crippen LogP contribution in [-0.4, -0.2) is 32.0 Å². The van der Waals surface area contributed by atoms with Crippen molar-refractivity contribution in [1.29, 1.82) is 0 Å². The highest BCUT2D eigenvalue weighted by Crippen LogP contribution is 2.28. The number of halogens is 2. The van der Waals surface area contributed by atoms with Gasteiger partial charge in [0.1, 0.15) is 4.88 Å². The second-order valence-electron chi connectivity index (χ2n) is 5.77. The molecule has 4 amide bonds. The van der Waals surface area contributed by atoms with Crippen molar-refractivity contribution in [3.05, 3.63) is 46.2 Å². The lowest BCUT2D eigenvalue weighted by molar-refractivity contribution is -0.121. The number of anilines is 1. The third-order valence-corrected chi connectivity index (χ3v) is 6.36. The number of benzene rings is 1. The topological polar surface area (TPSA) is 121 Å². The minimum Gasteiger partial charge on any atom is -0.330 e. The van der Waals surface area contributed by atoms with E-state index in [1.165, 1.54) is 17.5 Å².